The first-order valence-corrected chi connectivity index (χ1v) is 15.4. The van der Waals surface area contributed by atoms with E-state index in [4.69, 9.17) is 8.83 Å². The Morgan fingerprint density at radius 2 is 1.07 bits per heavy atom. The first kappa shape index (κ1) is 24.0. The van der Waals surface area contributed by atoms with Gasteiger partial charge in [-0.15, -0.1) is 0 Å². The van der Waals surface area contributed by atoms with Gasteiger partial charge in [-0.25, -0.2) is 0 Å². The highest BCUT2D eigenvalue weighted by Crippen LogP contribution is 2.43. The molecule has 0 unspecified atom stereocenters. The molecule has 0 bridgehead atoms. The van der Waals surface area contributed by atoms with Crippen LogP contribution in [-0.2, 0) is 0 Å². The smallest absolute Gasteiger partial charge is 0.179 e. The summed E-state index contributed by atoms with van der Waals surface area (Å²) in [5.41, 5.74) is 6.13. The lowest BCUT2D eigenvalue weighted by atomic mass is 10.00. The molecule has 0 radical (unpaired) electrons. The number of rotatable bonds is 2. The number of anilines is 2. The van der Waals surface area contributed by atoms with Crippen LogP contribution in [0.4, 0.5) is 11.4 Å². The lowest BCUT2D eigenvalue weighted by molar-refractivity contribution is 0.578. The Kier molecular flexibility index (Phi) is 5.22. The summed E-state index contributed by atoms with van der Waals surface area (Å²) < 4.78 is 13.1. The molecule has 0 amide bonds. The number of hydrogen-bond donors (Lipinski definition) is 0. The average molecular weight is 550 g/mol. The minimum Gasteiger partial charge on any atom is -0.452 e. The van der Waals surface area contributed by atoms with Crippen molar-refractivity contribution < 1.29 is 8.83 Å². The van der Waals surface area contributed by atoms with Gasteiger partial charge in [0.2, 0.25) is 0 Å². The van der Waals surface area contributed by atoms with Crippen molar-refractivity contribution in [2.24, 2.45) is 0 Å². The van der Waals surface area contributed by atoms with Crippen molar-refractivity contribution in [2.75, 3.05) is 36.0 Å². The molecule has 0 spiro atoms. The maximum atomic E-state index is 10.3. The van der Waals surface area contributed by atoms with Crippen molar-refractivity contribution in [1.82, 2.24) is 0 Å². The van der Waals surface area contributed by atoms with E-state index in [1.54, 1.807) is 0 Å². The highest BCUT2D eigenvalue weighted by atomic mass is 16.4. The normalized spacial score (nSPS) is 16.5. The predicted octanol–water partition coefficient (Wildman–Crippen LogP) is 9.64. The Balaban J connectivity index is 1.23. The van der Waals surface area contributed by atoms with Gasteiger partial charge in [0.15, 0.2) is 11.2 Å². The van der Waals surface area contributed by atoms with Crippen LogP contribution >= 0.6 is 0 Å². The molecular weight excluding hydrogens is 518 g/mol. The molecule has 9 rings (SSSR count). The van der Waals surface area contributed by atoms with Gasteiger partial charge in [-0.05, 0) is 115 Å². The summed E-state index contributed by atoms with van der Waals surface area (Å²) in [6.07, 6.45) is 7.65. The van der Waals surface area contributed by atoms with E-state index in [1.165, 1.54) is 60.7 Å². The number of nitrogens with zero attached hydrogens (tertiary/aromatic N) is 3. The molecule has 2 aliphatic rings. The molecule has 2 saturated heterocycles. The van der Waals surface area contributed by atoms with Gasteiger partial charge in [-0.3, -0.25) is 0 Å². The second kappa shape index (κ2) is 9.16. The Bertz CT molecular complexity index is 2240. The highest BCUT2D eigenvalue weighted by molar-refractivity contribution is 6.23. The van der Waals surface area contributed by atoms with Crippen LogP contribution in [-0.4, -0.2) is 26.2 Å². The summed E-state index contributed by atoms with van der Waals surface area (Å²) >= 11 is 0. The van der Waals surface area contributed by atoms with E-state index in [-0.39, 0.29) is 0 Å². The Morgan fingerprint density at radius 1 is 0.524 bits per heavy atom. The Morgan fingerprint density at radius 3 is 1.67 bits per heavy atom. The van der Waals surface area contributed by atoms with Gasteiger partial charge in [-0.1, -0.05) is 12.1 Å². The summed E-state index contributed by atoms with van der Waals surface area (Å²) in [4.78, 5) is 4.97. The monoisotopic (exact) mass is 549 g/mol. The van der Waals surface area contributed by atoms with Crippen LogP contribution in [0.3, 0.4) is 0 Å². The lowest BCUT2D eigenvalue weighted by Gasteiger charge is -2.29. The largest absolute Gasteiger partial charge is 0.452 e. The van der Waals surface area contributed by atoms with E-state index >= 15 is 0 Å². The van der Waals surface area contributed by atoms with Gasteiger partial charge in [0.1, 0.15) is 11.2 Å². The fourth-order valence-corrected chi connectivity index (χ4v) is 7.42. The second-order valence-electron chi connectivity index (χ2n) is 12.2. The number of hydrogen-bond acceptors (Lipinski definition) is 5. The third kappa shape index (κ3) is 3.61. The Hall–Kier alpha value is -4.69. The predicted molar refractivity (Wildman–Crippen MR) is 173 cm³/mol. The summed E-state index contributed by atoms with van der Waals surface area (Å²) in [7, 11) is 0. The number of benzene rings is 5. The van der Waals surface area contributed by atoms with E-state index in [9.17, 15) is 5.26 Å². The molecular formula is C37H31N3O2. The second-order valence-corrected chi connectivity index (χ2v) is 12.2. The lowest BCUT2D eigenvalue weighted by Crippen LogP contribution is -2.29. The molecule has 0 atom stereocenters. The quantitative estimate of drug-likeness (QED) is 0.215. The molecule has 0 aliphatic carbocycles. The van der Waals surface area contributed by atoms with Crippen molar-refractivity contribution in [1.29, 1.82) is 5.26 Å². The maximum Gasteiger partial charge on any atom is 0.179 e. The highest BCUT2D eigenvalue weighted by Gasteiger charge is 2.21. The molecule has 0 N–H and O–H groups in total. The van der Waals surface area contributed by atoms with Crippen LogP contribution in [0.15, 0.2) is 75.6 Å². The van der Waals surface area contributed by atoms with Gasteiger partial charge in [0.05, 0.1) is 11.6 Å². The van der Waals surface area contributed by atoms with Crippen molar-refractivity contribution in [3.8, 4) is 6.07 Å². The molecule has 5 nitrogen and oxygen atoms in total. The summed E-state index contributed by atoms with van der Waals surface area (Å²) in [5.74, 6) is 0. The minimum absolute atomic E-state index is 0.615. The molecule has 5 aromatic carbocycles. The zero-order valence-electron chi connectivity index (χ0n) is 23.6. The Labute approximate surface area is 243 Å². The van der Waals surface area contributed by atoms with Gasteiger partial charge >= 0.3 is 0 Å². The van der Waals surface area contributed by atoms with Crippen LogP contribution < -0.4 is 9.80 Å². The summed E-state index contributed by atoms with van der Waals surface area (Å²) in [6, 6.07) is 26.5. The average Bonchev–Trinajstić information content (AvgIpc) is 3.60. The standard InChI is InChI=1S/C37H31N3O2/c38-22-27-19-31-30-17-23-7-9-28(39-11-3-1-4-12-39)15-25(23)20-33(30)41-36(31)37-35(27)32-18-24-8-10-29(40-13-5-2-6-14-40)16-26(24)21-34(32)42-37/h7-10,15-21H,1-6,11-14H2. The number of piperidine rings is 2. The van der Waals surface area contributed by atoms with Gasteiger partial charge < -0.3 is 18.6 Å². The first-order chi connectivity index (χ1) is 20.7. The van der Waals surface area contributed by atoms with Crippen LogP contribution in [0.5, 0.6) is 0 Å². The van der Waals surface area contributed by atoms with E-state index in [2.05, 4.69) is 76.5 Å². The third-order valence-corrected chi connectivity index (χ3v) is 9.63. The molecule has 2 aromatic heterocycles. The number of fused-ring (bicyclic) bond motifs is 9. The van der Waals surface area contributed by atoms with Crippen molar-refractivity contribution in [2.45, 2.75) is 38.5 Å². The maximum absolute atomic E-state index is 10.3. The molecule has 0 saturated carbocycles. The zero-order chi connectivity index (χ0) is 27.8. The molecule has 2 aliphatic heterocycles. The van der Waals surface area contributed by atoms with Gasteiger partial charge in [-0.2, -0.15) is 5.26 Å². The fourth-order valence-electron chi connectivity index (χ4n) is 7.42. The molecule has 42 heavy (non-hydrogen) atoms. The molecule has 5 heteroatoms. The number of furan rings is 2. The third-order valence-electron chi connectivity index (χ3n) is 9.63. The zero-order valence-corrected chi connectivity index (χ0v) is 23.6. The van der Waals surface area contributed by atoms with E-state index in [1.807, 2.05) is 6.07 Å². The molecule has 4 heterocycles. The molecule has 2 fully saturated rings. The van der Waals surface area contributed by atoms with Crippen LogP contribution in [0.1, 0.15) is 44.1 Å². The van der Waals surface area contributed by atoms with Crippen LogP contribution in [0.2, 0.25) is 0 Å². The van der Waals surface area contributed by atoms with Gasteiger partial charge in [0, 0.05) is 59.1 Å². The van der Waals surface area contributed by atoms with E-state index in [0.29, 0.717) is 16.7 Å². The van der Waals surface area contributed by atoms with Gasteiger partial charge in [0.25, 0.3) is 0 Å². The molecule has 206 valence electrons. The van der Waals surface area contributed by atoms with Crippen molar-refractivity contribution in [3.05, 3.63) is 72.3 Å². The fraction of sp³-hybridized carbons (Fsp3) is 0.270. The first-order valence-electron chi connectivity index (χ1n) is 15.4. The van der Waals surface area contributed by atoms with Crippen LogP contribution in [0.25, 0.3) is 65.4 Å². The van der Waals surface area contributed by atoms with E-state index in [0.717, 1.165) is 69.7 Å². The van der Waals surface area contributed by atoms with Crippen LogP contribution in [0, 0.1) is 11.3 Å². The minimum atomic E-state index is 0.615. The summed E-state index contributed by atoms with van der Waals surface area (Å²) in [5, 5.41) is 18.6. The number of nitriles is 1. The SMILES string of the molecule is N#Cc1cc2c3cc4ccc(N5CCCCC5)cc4cc3oc2c2oc3cc4cc(N5CCCCC5)ccc4cc3c12. The molecule has 7 aromatic rings. The van der Waals surface area contributed by atoms with Crippen molar-refractivity contribution in [3.63, 3.8) is 0 Å². The van der Waals surface area contributed by atoms with Crippen molar-refractivity contribution >= 4 is 76.8 Å². The summed E-state index contributed by atoms with van der Waals surface area (Å²) in [6.45, 7) is 4.47. The topological polar surface area (TPSA) is 56.6 Å². The van der Waals surface area contributed by atoms with E-state index < -0.39 is 0 Å².